The molecule has 0 aliphatic carbocycles. The third-order valence-corrected chi connectivity index (χ3v) is 2.32. The SMILES string of the molecule is CCOc1c(OC)ccc2nc(N)ccc12. The minimum Gasteiger partial charge on any atom is -0.493 e. The molecule has 4 nitrogen and oxygen atoms in total. The van der Waals surface area contributed by atoms with Crippen LogP contribution in [0.2, 0.25) is 0 Å². The molecule has 2 aromatic rings. The fourth-order valence-corrected chi connectivity index (χ4v) is 1.63. The Morgan fingerprint density at radius 3 is 2.75 bits per heavy atom. The summed E-state index contributed by atoms with van der Waals surface area (Å²) < 4.78 is 10.8. The van der Waals surface area contributed by atoms with E-state index in [1.165, 1.54) is 0 Å². The quantitative estimate of drug-likeness (QED) is 0.858. The zero-order chi connectivity index (χ0) is 11.5. The van der Waals surface area contributed by atoms with Crippen molar-refractivity contribution in [3.05, 3.63) is 24.3 Å². The molecule has 0 amide bonds. The van der Waals surface area contributed by atoms with Gasteiger partial charge in [-0.05, 0) is 31.2 Å². The van der Waals surface area contributed by atoms with Crippen molar-refractivity contribution in [2.75, 3.05) is 19.5 Å². The molecule has 0 aliphatic heterocycles. The highest BCUT2D eigenvalue weighted by atomic mass is 16.5. The second-order valence-corrected chi connectivity index (χ2v) is 3.33. The first-order valence-electron chi connectivity index (χ1n) is 5.12. The molecule has 0 fully saturated rings. The number of rotatable bonds is 3. The molecule has 84 valence electrons. The fraction of sp³-hybridized carbons (Fsp3) is 0.250. The molecule has 4 heteroatoms. The van der Waals surface area contributed by atoms with Gasteiger partial charge in [-0.2, -0.15) is 0 Å². The molecule has 2 rings (SSSR count). The van der Waals surface area contributed by atoms with Gasteiger partial charge in [0.05, 0.1) is 19.2 Å². The highest BCUT2D eigenvalue weighted by molar-refractivity contribution is 5.88. The van der Waals surface area contributed by atoms with Crippen LogP contribution in [0.3, 0.4) is 0 Å². The van der Waals surface area contributed by atoms with Crippen molar-refractivity contribution >= 4 is 16.7 Å². The summed E-state index contributed by atoms with van der Waals surface area (Å²) in [7, 11) is 1.62. The van der Waals surface area contributed by atoms with E-state index >= 15 is 0 Å². The standard InChI is InChI=1S/C12H14N2O2/c1-3-16-12-8-4-7-11(13)14-9(8)5-6-10(12)15-2/h4-7H,3H2,1-2H3,(H2,13,14). The van der Waals surface area contributed by atoms with Gasteiger partial charge in [-0.25, -0.2) is 4.98 Å². The number of pyridine rings is 1. The Kier molecular flexibility index (Phi) is 2.81. The number of benzene rings is 1. The number of fused-ring (bicyclic) bond motifs is 1. The lowest BCUT2D eigenvalue weighted by atomic mass is 10.2. The van der Waals surface area contributed by atoms with Crippen molar-refractivity contribution in [3.8, 4) is 11.5 Å². The summed E-state index contributed by atoms with van der Waals surface area (Å²) in [5.74, 6) is 1.93. The Hall–Kier alpha value is -1.97. The van der Waals surface area contributed by atoms with Crippen molar-refractivity contribution in [2.45, 2.75) is 6.92 Å². The van der Waals surface area contributed by atoms with Gasteiger partial charge in [-0.3, -0.25) is 0 Å². The first-order valence-corrected chi connectivity index (χ1v) is 5.12. The van der Waals surface area contributed by atoms with E-state index in [0.29, 0.717) is 18.2 Å². The lowest BCUT2D eigenvalue weighted by Gasteiger charge is -2.11. The number of hydrogen-bond acceptors (Lipinski definition) is 4. The van der Waals surface area contributed by atoms with Crippen LogP contribution in [0.5, 0.6) is 11.5 Å². The molecule has 0 unspecified atom stereocenters. The van der Waals surface area contributed by atoms with Gasteiger partial charge in [0.25, 0.3) is 0 Å². The molecule has 0 spiro atoms. The smallest absolute Gasteiger partial charge is 0.170 e. The van der Waals surface area contributed by atoms with E-state index in [1.807, 2.05) is 25.1 Å². The van der Waals surface area contributed by atoms with Gasteiger partial charge in [-0.15, -0.1) is 0 Å². The summed E-state index contributed by atoms with van der Waals surface area (Å²) in [5.41, 5.74) is 6.44. The highest BCUT2D eigenvalue weighted by Crippen LogP contribution is 2.35. The normalized spacial score (nSPS) is 10.4. The number of nitrogens with two attached hydrogens (primary N) is 1. The molecule has 0 atom stereocenters. The Balaban J connectivity index is 2.68. The molecule has 1 aromatic heterocycles. The summed E-state index contributed by atoms with van der Waals surface area (Å²) in [6.45, 7) is 2.52. The van der Waals surface area contributed by atoms with E-state index in [-0.39, 0.29) is 0 Å². The Morgan fingerprint density at radius 2 is 2.06 bits per heavy atom. The van der Waals surface area contributed by atoms with Crippen molar-refractivity contribution < 1.29 is 9.47 Å². The Labute approximate surface area is 94.0 Å². The predicted octanol–water partition coefficient (Wildman–Crippen LogP) is 2.22. The average molecular weight is 218 g/mol. The molecule has 0 saturated heterocycles. The largest absolute Gasteiger partial charge is 0.493 e. The lowest BCUT2D eigenvalue weighted by Crippen LogP contribution is -1.98. The Bertz CT molecular complexity index is 512. The number of methoxy groups -OCH3 is 1. The van der Waals surface area contributed by atoms with E-state index in [1.54, 1.807) is 13.2 Å². The van der Waals surface area contributed by atoms with Crippen LogP contribution >= 0.6 is 0 Å². The summed E-state index contributed by atoms with van der Waals surface area (Å²) in [4.78, 5) is 4.24. The highest BCUT2D eigenvalue weighted by Gasteiger charge is 2.09. The Morgan fingerprint density at radius 1 is 1.25 bits per heavy atom. The van der Waals surface area contributed by atoms with E-state index in [0.717, 1.165) is 16.7 Å². The first-order chi connectivity index (χ1) is 7.76. The predicted molar refractivity (Wildman–Crippen MR) is 63.9 cm³/mol. The van der Waals surface area contributed by atoms with E-state index < -0.39 is 0 Å². The van der Waals surface area contributed by atoms with Gasteiger partial charge < -0.3 is 15.2 Å². The van der Waals surface area contributed by atoms with E-state index in [9.17, 15) is 0 Å². The van der Waals surface area contributed by atoms with Crippen LogP contribution in [-0.4, -0.2) is 18.7 Å². The van der Waals surface area contributed by atoms with E-state index in [2.05, 4.69) is 4.98 Å². The summed E-state index contributed by atoms with van der Waals surface area (Å²) in [6, 6.07) is 7.35. The summed E-state index contributed by atoms with van der Waals surface area (Å²) in [5, 5.41) is 0.912. The minimum absolute atomic E-state index is 0.500. The molecular formula is C12H14N2O2. The number of anilines is 1. The molecule has 2 N–H and O–H groups in total. The number of nitrogens with zero attached hydrogens (tertiary/aromatic N) is 1. The second-order valence-electron chi connectivity index (χ2n) is 3.33. The van der Waals surface area contributed by atoms with Crippen molar-refractivity contribution in [2.24, 2.45) is 0 Å². The molecule has 0 aliphatic rings. The van der Waals surface area contributed by atoms with Gasteiger partial charge in [0.2, 0.25) is 0 Å². The van der Waals surface area contributed by atoms with Gasteiger partial charge >= 0.3 is 0 Å². The van der Waals surface area contributed by atoms with Crippen molar-refractivity contribution in [1.29, 1.82) is 0 Å². The third-order valence-electron chi connectivity index (χ3n) is 2.32. The zero-order valence-corrected chi connectivity index (χ0v) is 9.36. The van der Waals surface area contributed by atoms with Crippen LogP contribution in [0.25, 0.3) is 10.9 Å². The number of nitrogen functional groups attached to an aromatic ring is 1. The van der Waals surface area contributed by atoms with Crippen molar-refractivity contribution in [1.82, 2.24) is 4.98 Å². The van der Waals surface area contributed by atoms with Crippen LogP contribution in [0, 0.1) is 0 Å². The monoisotopic (exact) mass is 218 g/mol. The zero-order valence-electron chi connectivity index (χ0n) is 9.36. The fourth-order valence-electron chi connectivity index (χ4n) is 1.63. The van der Waals surface area contributed by atoms with Crippen LogP contribution in [0.1, 0.15) is 6.92 Å². The third kappa shape index (κ3) is 1.74. The molecular weight excluding hydrogens is 204 g/mol. The molecule has 1 aromatic carbocycles. The number of aromatic nitrogens is 1. The lowest BCUT2D eigenvalue weighted by molar-refractivity contribution is 0.315. The van der Waals surface area contributed by atoms with Crippen molar-refractivity contribution in [3.63, 3.8) is 0 Å². The summed E-state index contributed by atoms with van der Waals surface area (Å²) in [6.07, 6.45) is 0. The van der Waals surface area contributed by atoms with Crippen LogP contribution in [0.4, 0.5) is 5.82 Å². The topological polar surface area (TPSA) is 57.4 Å². The second kappa shape index (κ2) is 4.26. The van der Waals surface area contributed by atoms with Gasteiger partial charge in [0.1, 0.15) is 5.82 Å². The maximum atomic E-state index is 5.64. The molecule has 0 bridgehead atoms. The molecule has 0 radical (unpaired) electrons. The van der Waals surface area contributed by atoms with E-state index in [4.69, 9.17) is 15.2 Å². The van der Waals surface area contributed by atoms with Crippen LogP contribution < -0.4 is 15.2 Å². The maximum Gasteiger partial charge on any atom is 0.170 e. The molecule has 1 heterocycles. The molecule has 0 saturated carbocycles. The van der Waals surface area contributed by atoms with Crippen LogP contribution in [-0.2, 0) is 0 Å². The van der Waals surface area contributed by atoms with Gasteiger partial charge in [0, 0.05) is 5.39 Å². The summed E-state index contributed by atoms with van der Waals surface area (Å²) >= 11 is 0. The average Bonchev–Trinajstić information content (AvgIpc) is 2.29. The van der Waals surface area contributed by atoms with Gasteiger partial charge in [0.15, 0.2) is 11.5 Å². The molecule has 16 heavy (non-hydrogen) atoms. The van der Waals surface area contributed by atoms with Crippen LogP contribution in [0.15, 0.2) is 24.3 Å². The maximum absolute atomic E-state index is 5.64. The number of ether oxygens (including phenoxy) is 2. The van der Waals surface area contributed by atoms with Gasteiger partial charge in [-0.1, -0.05) is 0 Å². The minimum atomic E-state index is 0.500. The first kappa shape index (κ1) is 10.5. The number of hydrogen-bond donors (Lipinski definition) is 1.